The van der Waals surface area contributed by atoms with E-state index in [1.165, 1.54) is 6.08 Å². The van der Waals surface area contributed by atoms with Gasteiger partial charge in [0.15, 0.2) is 0 Å². The molecule has 1 heterocycles. The van der Waals surface area contributed by atoms with E-state index in [0.717, 1.165) is 17.7 Å². The molecule has 0 saturated carbocycles. The summed E-state index contributed by atoms with van der Waals surface area (Å²) in [6.45, 7) is 15.5. The van der Waals surface area contributed by atoms with E-state index in [-0.39, 0.29) is 29.3 Å². The molecule has 1 aliphatic rings. The van der Waals surface area contributed by atoms with Gasteiger partial charge in [-0.15, -0.1) is 0 Å². The zero-order valence-corrected chi connectivity index (χ0v) is 24.0. The number of esters is 1. The third-order valence-corrected chi connectivity index (χ3v) is 6.47. The number of hydrogen-bond donors (Lipinski definition) is 2. The second-order valence-corrected chi connectivity index (χ2v) is 11.7. The van der Waals surface area contributed by atoms with Crippen LogP contribution in [0.15, 0.2) is 54.6 Å². The van der Waals surface area contributed by atoms with Gasteiger partial charge in [-0.3, -0.25) is 19.8 Å². The lowest BCUT2D eigenvalue weighted by atomic mass is 9.88. The highest BCUT2D eigenvalue weighted by Crippen LogP contribution is 2.37. The van der Waals surface area contributed by atoms with E-state index in [1.54, 1.807) is 51.1 Å². The van der Waals surface area contributed by atoms with E-state index in [2.05, 4.69) is 36.3 Å². The first-order valence-electron chi connectivity index (χ1n) is 13.4. The van der Waals surface area contributed by atoms with Gasteiger partial charge in [-0.2, -0.15) is 0 Å². The summed E-state index contributed by atoms with van der Waals surface area (Å²) < 4.78 is 10.7. The number of likely N-dealkylation sites (tertiary alicyclic amines) is 1. The van der Waals surface area contributed by atoms with E-state index in [4.69, 9.17) is 9.47 Å². The fourth-order valence-corrected chi connectivity index (χ4v) is 4.49. The molecule has 2 atom stereocenters. The number of rotatable bonds is 7. The van der Waals surface area contributed by atoms with Gasteiger partial charge in [0.1, 0.15) is 5.60 Å². The third-order valence-electron chi connectivity index (χ3n) is 6.47. The second-order valence-electron chi connectivity index (χ2n) is 11.7. The standard InChI is InChI=1S/C31H41N3O5/c1-8-38-28(36)24-20-34(30(2,3)4)19-23(24)22-16-13-21(14-17-22)15-18-27(35)32-25-11-9-10-12-26(25)33-29(37)39-31(5,6)7/h9-18,23-24H,8,19-20H2,1-7H3,(H,32,35)(H,33,37)/b18-15+. The van der Waals surface area contributed by atoms with E-state index >= 15 is 0 Å². The van der Waals surface area contributed by atoms with Crippen LogP contribution >= 0.6 is 0 Å². The molecule has 0 aliphatic carbocycles. The second kappa shape index (κ2) is 12.5. The van der Waals surface area contributed by atoms with Crippen LogP contribution in [-0.2, 0) is 19.1 Å². The Balaban J connectivity index is 1.67. The molecule has 2 N–H and O–H groups in total. The number of nitrogens with zero attached hydrogens (tertiary/aromatic N) is 1. The molecule has 0 radical (unpaired) electrons. The molecule has 1 saturated heterocycles. The van der Waals surface area contributed by atoms with Crippen molar-refractivity contribution in [3.05, 3.63) is 65.7 Å². The normalized spacial score (nSPS) is 18.1. The highest BCUT2D eigenvalue weighted by atomic mass is 16.6. The predicted molar refractivity (Wildman–Crippen MR) is 155 cm³/mol. The molecule has 8 heteroatoms. The number of ether oxygens (including phenoxy) is 2. The average Bonchev–Trinajstić information content (AvgIpc) is 3.30. The number of nitrogens with one attached hydrogen (secondary N) is 2. The monoisotopic (exact) mass is 535 g/mol. The lowest BCUT2D eigenvalue weighted by Crippen LogP contribution is -2.40. The number of amides is 2. The van der Waals surface area contributed by atoms with Crippen LogP contribution in [0.4, 0.5) is 16.2 Å². The first-order valence-corrected chi connectivity index (χ1v) is 13.4. The van der Waals surface area contributed by atoms with Crippen molar-refractivity contribution in [1.29, 1.82) is 0 Å². The molecule has 2 aromatic carbocycles. The van der Waals surface area contributed by atoms with E-state index in [0.29, 0.717) is 24.5 Å². The van der Waals surface area contributed by atoms with Gasteiger partial charge in [0.05, 0.1) is 23.9 Å². The molecular weight excluding hydrogens is 494 g/mol. The third kappa shape index (κ3) is 8.68. The minimum absolute atomic E-state index is 0.0404. The SMILES string of the molecule is CCOC(=O)C1CN(C(C)(C)C)CC1c1ccc(/C=C/C(=O)Nc2ccccc2NC(=O)OC(C)(C)C)cc1. The number of benzene rings is 2. The van der Waals surface area contributed by atoms with Crippen molar-refractivity contribution in [1.82, 2.24) is 4.90 Å². The Morgan fingerprint density at radius 2 is 1.54 bits per heavy atom. The summed E-state index contributed by atoms with van der Waals surface area (Å²) >= 11 is 0. The van der Waals surface area contributed by atoms with Crippen molar-refractivity contribution in [2.45, 2.75) is 65.5 Å². The molecule has 0 aromatic heterocycles. The van der Waals surface area contributed by atoms with E-state index in [9.17, 15) is 14.4 Å². The summed E-state index contributed by atoms with van der Waals surface area (Å²) in [5.41, 5.74) is 2.15. The van der Waals surface area contributed by atoms with Crippen LogP contribution in [0, 0.1) is 5.92 Å². The molecule has 39 heavy (non-hydrogen) atoms. The molecule has 1 aliphatic heterocycles. The Kier molecular flexibility index (Phi) is 9.56. The molecule has 2 aromatic rings. The summed E-state index contributed by atoms with van der Waals surface area (Å²) in [5.74, 6) is -0.669. The quantitative estimate of drug-likeness (QED) is 0.330. The Morgan fingerprint density at radius 3 is 2.10 bits per heavy atom. The maximum Gasteiger partial charge on any atom is 0.412 e. The Hall–Kier alpha value is -3.65. The molecule has 2 amide bonds. The van der Waals surface area contributed by atoms with Gasteiger partial charge in [0.2, 0.25) is 5.91 Å². The number of anilines is 2. The van der Waals surface area contributed by atoms with Gasteiger partial charge in [0, 0.05) is 30.6 Å². The summed E-state index contributed by atoms with van der Waals surface area (Å²) in [7, 11) is 0. The van der Waals surface area contributed by atoms with Crippen LogP contribution in [0.2, 0.25) is 0 Å². The number of carbonyl (C=O) groups is 3. The minimum Gasteiger partial charge on any atom is -0.466 e. The van der Waals surface area contributed by atoms with Crippen LogP contribution in [0.25, 0.3) is 6.08 Å². The predicted octanol–water partition coefficient (Wildman–Crippen LogP) is 6.06. The van der Waals surface area contributed by atoms with Crippen LogP contribution in [0.5, 0.6) is 0 Å². The van der Waals surface area contributed by atoms with E-state index < -0.39 is 11.7 Å². The molecule has 0 spiro atoms. The number of carbonyl (C=O) groups excluding carboxylic acids is 3. The Labute approximate surface area is 231 Å². The topological polar surface area (TPSA) is 97.0 Å². The first-order chi connectivity index (χ1) is 18.3. The Bertz CT molecular complexity index is 1190. The number of hydrogen-bond acceptors (Lipinski definition) is 6. The maximum atomic E-state index is 12.7. The van der Waals surface area contributed by atoms with Crippen LogP contribution < -0.4 is 10.6 Å². The zero-order chi connectivity index (χ0) is 28.8. The summed E-state index contributed by atoms with van der Waals surface area (Å²) in [6, 6.07) is 14.8. The minimum atomic E-state index is -0.635. The fourth-order valence-electron chi connectivity index (χ4n) is 4.49. The summed E-state index contributed by atoms with van der Waals surface area (Å²) in [6.07, 6.45) is 2.57. The van der Waals surface area contributed by atoms with Crippen LogP contribution in [0.1, 0.15) is 65.5 Å². The molecular formula is C31H41N3O5. The smallest absolute Gasteiger partial charge is 0.412 e. The average molecular weight is 536 g/mol. The van der Waals surface area contributed by atoms with Crippen molar-refractivity contribution in [3.63, 3.8) is 0 Å². The van der Waals surface area contributed by atoms with Crippen LogP contribution in [-0.4, -0.2) is 53.7 Å². The molecule has 0 bridgehead atoms. The number of para-hydroxylation sites is 2. The molecule has 1 fully saturated rings. The van der Waals surface area contributed by atoms with Crippen molar-refractivity contribution >= 4 is 35.4 Å². The molecule has 210 valence electrons. The molecule has 3 rings (SSSR count). The van der Waals surface area contributed by atoms with Gasteiger partial charge < -0.3 is 14.8 Å². The van der Waals surface area contributed by atoms with Crippen molar-refractivity contribution < 1.29 is 23.9 Å². The lowest BCUT2D eigenvalue weighted by molar-refractivity contribution is -0.148. The van der Waals surface area contributed by atoms with Gasteiger partial charge in [-0.05, 0) is 77.8 Å². The van der Waals surface area contributed by atoms with Gasteiger partial charge in [-0.25, -0.2) is 4.79 Å². The molecule has 8 nitrogen and oxygen atoms in total. The van der Waals surface area contributed by atoms with Crippen molar-refractivity contribution in [2.75, 3.05) is 30.3 Å². The first kappa shape index (κ1) is 29.9. The van der Waals surface area contributed by atoms with Crippen molar-refractivity contribution in [3.8, 4) is 0 Å². The Morgan fingerprint density at radius 1 is 0.923 bits per heavy atom. The zero-order valence-electron chi connectivity index (χ0n) is 24.0. The highest BCUT2D eigenvalue weighted by Gasteiger charge is 2.42. The fraction of sp³-hybridized carbons (Fsp3) is 0.452. The van der Waals surface area contributed by atoms with Crippen molar-refractivity contribution in [2.24, 2.45) is 5.92 Å². The molecule has 2 unspecified atom stereocenters. The largest absolute Gasteiger partial charge is 0.466 e. The summed E-state index contributed by atoms with van der Waals surface area (Å²) in [5, 5.41) is 5.48. The summed E-state index contributed by atoms with van der Waals surface area (Å²) in [4.78, 5) is 39.8. The maximum absolute atomic E-state index is 12.7. The van der Waals surface area contributed by atoms with Gasteiger partial charge >= 0.3 is 12.1 Å². The van der Waals surface area contributed by atoms with E-state index in [1.807, 2.05) is 31.2 Å². The van der Waals surface area contributed by atoms with Gasteiger partial charge in [-0.1, -0.05) is 36.4 Å². The van der Waals surface area contributed by atoms with Crippen LogP contribution in [0.3, 0.4) is 0 Å². The van der Waals surface area contributed by atoms with Gasteiger partial charge in [0.25, 0.3) is 0 Å². The highest BCUT2D eigenvalue weighted by molar-refractivity contribution is 6.05. The lowest BCUT2D eigenvalue weighted by Gasteiger charge is -2.31.